The maximum Gasteiger partial charge on any atom is 0.145 e. The van der Waals surface area contributed by atoms with E-state index in [2.05, 4.69) is 25.9 Å². The quantitative estimate of drug-likeness (QED) is 0.947. The lowest BCUT2D eigenvalue weighted by atomic mass is 10.1. The second-order valence-electron chi connectivity index (χ2n) is 3.65. The molecule has 2 aromatic rings. The van der Waals surface area contributed by atoms with Gasteiger partial charge in [0.1, 0.15) is 11.6 Å². The van der Waals surface area contributed by atoms with Crippen LogP contribution < -0.4 is 5.73 Å². The molecule has 0 fully saturated rings. The molecule has 0 aliphatic heterocycles. The number of benzene rings is 1. The molecule has 1 aromatic heterocycles. The summed E-state index contributed by atoms with van der Waals surface area (Å²) in [7, 11) is 0. The highest BCUT2D eigenvalue weighted by molar-refractivity contribution is 9.10. The fourth-order valence-electron chi connectivity index (χ4n) is 1.53. The minimum atomic E-state index is -0.403. The molecule has 1 unspecified atom stereocenters. The molecule has 1 atom stereocenters. The number of hydrogen-bond donors (Lipinski definition) is 1. The smallest absolute Gasteiger partial charge is 0.145 e. The summed E-state index contributed by atoms with van der Waals surface area (Å²) in [6, 6.07) is 6.11. The molecule has 0 aliphatic rings. The lowest BCUT2D eigenvalue weighted by molar-refractivity contribution is 0.584. The molecule has 1 heterocycles. The van der Waals surface area contributed by atoms with Crippen LogP contribution in [0.15, 0.2) is 41.1 Å². The van der Waals surface area contributed by atoms with Gasteiger partial charge in [-0.25, -0.2) is 14.4 Å². The summed E-state index contributed by atoms with van der Waals surface area (Å²) in [5, 5.41) is 0. The standard InChI is InChI=1S/C12H11BrFN3/c13-9-2-3-10(14)8(6-9)7-11(15)12-16-4-1-5-17-12/h1-6,11H,7,15H2. The third kappa shape index (κ3) is 3.08. The second-order valence-corrected chi connectivity index (χ2v) is 4.57. The zero-order valence-corrected chi connectivity index (χ0v) is 10.6. The van der Waals surface area contributed by atoms with Crippen molar-refractivity contribution in [2.24, 2.45) is 5.73 Å². The van der Waals surface area contributed by atoms with E-state index in [4.69, 9.17) is 5.73 Å². The van der Waals surface area contributed by atoms with Gasteiger partial charge in [0.05, 0.1) is 6.04 Å². The van der Waals surface area contributed by atoms with Gasteiger partial charge in [0.15, 0.2) is 0 Å². The Hall–Kier alpha value is -1.33. The van der Waals surface area contributed by atoms with Crippen LogP contribution in [0.4, 0.5) is 4.39 Å². The number of nitrogens with two attached hydrogens (primary N) is 1. The van der Waals surface area contributed by atoms with Gasteiger partial charge >= 0.3 is 0 Å². The van der Waals surface area contributed by atoms with Crippen molar-refractivity contribution in [1.82, 2.24) is 9.97 Å². The molecule has 17 heavy (non-hydrogen) atoms. The molecule has 5 heteroatoms. The van der Waals surface area contributed by atoms with Crippen molar-refractivity contribution in [2.45, 2.75) is 12.5 Å². The third-order valence-corrected chi connectivity index (χ3v) is 2.86. The van der Waals surface area contributed by atoms with E-state index in [9.17, 15) is 4.39 Å². The van der Waals surface area contributed by atoms with Crippen LogP contribution in [0.3, 0.4) is 0 Å². The fourth-order valence-corrected chi connectivity index (χ4v) is 1.94. The van der Waals surface area contributed by atoms with E-state index in [-0.39, 0.29) is 5.82 Å². The SMILES string of the molecule is NC(Cc1cc(Br)ccc1F)c1ncccn1. The Balaban J connectivity index is 2.18. The normalized spacial score (nSPS) is 12.4. The summed E-state index contributed by atoms with van der Waals surface area (Å²) < 4.78 is 14.4. The molecule has 88 valence electrons. The lowest BCUT2D eigenvalue weighted by Crippen LogP contribution is -2.17. The Bertz CT molecular complexity index is 504. The molecule has 0 aliphatic carbocycles. The largest absolute Gasteiger partial charge is 0.321 e. The minimum Gasteiger partial charge on any atom is -0.321 e. The van der Waals surface area contributed by atoms with E-state index >= 15 is 0 Å². The molecule has 2 N–H and O–H groups in total. The van der Waals surface area contributed by atoms with Gasteiger partial charge in [0.2, 0.25) is 0 Å². The van der Waals surface area contributed by atoms with Crippen molar-refractivity contribution < 1.29 is 4.39 Å². The van der Waals surface area contributed by atoms with Crippen LogP contribution in [-0.2, 0) is 6.42 Å². The molecule has 0 amide bonds. The zero-order valence-electron chi connectivity index (χ0n) is 8.98. The van der Waals surface area contributed by atoms with E-state index in [1.54, 1.807) is 30.6 Å². The van der Waals surface area contributed by atoms with Crippen molar-refractivity contribution in [3.8, 4) is 0 Å². The van der Waals surface area contributed by atoms with Crippen molar-refractivity contribution in [2.75, 3.05) is 0 Å². The first-order valence-electron chi connectivity index (χ1n) is 5.13. The van der Waals surface area contributed by atoms with E-state index in [0.717, 1.165) is 4.47 Å². The number of halogens is 2. The van der Waals surface area contributed by atoms with Crippen LogP contribution in [0.1, 0.15) is 17.4 Å². The van der Waals surface area contributed by atoms with Crippen molar-refractivity contribution in [3.63, 3.8) is 0 Å². The van der Waals surface area contributed by atoms with Crippen LogP contribution in [-0.4, -0.2) is 9.97 Å². The van der Waals surface area contributed by atoms with Crippen molar-refractivity contribution >= 4 is 15.9 Å². The van der Waals surface area contributed by atoms with Gasteiger partial charge in [-0.2, -0.15) is 0 Å². The maximum absolute atomic E-state index is 13.5. The highest BCUT2D eigenvalue weighted by Crippen LogP contribution is 2.19. The predicted molar refractivity (Wildman–Crippen MR) is 66.8 cm³/mol. The topological polar surface area (TPSA) is 51.8 Å². The van der Waals surface area contributed by atoms with Gasteiger partial charge in [-0.15, -0.1) is 0 Å². The Morgan fingerprint density at radius 3 is 2.71 bits per heavy atom. The number of nitrogens with zero attached hydrogens (tertiary/aromatic N) is 2. The fraction of sp³-hybridized carbons (Fsp3) is 0.167. The summed E-state index contributed by atoms with van der Waals surface area (Å²) in [6.07, 6.45) is 3.62. The Morgan fingerprint density at radius 2 is 2.00 bits per heavy atom. The molecule has 0 radical (unpaired) electrons. The molecule has 3 nitrogen and oxygen atoms in total. The number of rotatable bonds is 3. The molecule has 0 saturated heterocycles. The number of aromatic nitrogens is 2. The molecular weight excluding hydrogens is 285 g/mol. The summed E-state index contributed by atoms with van der Waals surface area (Å²) in [5.74, 6) is 0.256. The summed E-state index contributed by atoms with van der Waals surface area (Å²) in [4.78, 5) is 8.11. The van der Waals surface area contributed by atoms with E-state index in [1.165, 1.54) is 6.07 Å². The van der Waals surface area contributed by atoms with Crippen molar-refractivity contribution in [3.05, 3.63) is 58.3 Å². The van der Waals surface area contributed by atoms with Crippen LogP contribution in [0.5, 0.6) is 0 Å². The average Bonchev–Trinajstić information content (AvgIpc) is 2.35. The van der Waals surface area contributed by atoms with Gasteiger partial charge in [0.25, 0.3) is 0 Å². The van der Waals surface area contributed by atoms with E-state index in [1.807, 2.05) is 0 Å². The Morgan fingerprint density at radius 1 is 1.29 bits per heavy atom. The van der Waals surface area contributed by atoms with E-state index < -0.39 is 6.04 Å². The Kier molecular flexibility index (Phi) is 3.81. The molecule has 0 bridgehead atoms. The summed E-state index contributed by atoms with van der Waals surface area (Å²) in [5.41, 5.74) is 6.49. The van der Waals surface area contributed by atoms with Gasteiger partial charge in [0, 0.05) is 16.9 Å². The van der Waals surface area contributed by atoms with Crippen molar-refractivity contribution in [1.29, 1.82) is 0 Å². The first-order chi connectivity index (χ1) is 8.16. The average molecular weight is 296 g/mol. The van der Waals surface area contributed by atoms with Gasteiger partial charge in [-0.05, 0) is 36.2 Å². The highest BCUT2D eigenvalue weighted by atomic mass is 79.9. The van der Waals surface area contributed by atoms with E-state index in [0.29, 0.717) is 17.8 Å². The molecule has 1 aromatic carbocycles. The highest BCUT2D eigenvalue weighted by Gasteiger charge is 2.12. The van der Waals surface area contributed by atoms with Crippen LogP contribution in [0.25, 0.3) is 0 Å². The third-order valence-electron chi connectivity index (χ3n) is 2.36. The monoisotopic (exact) mass is 295 g/mol. The van der Waals surface area contributed by atoms with Gasteiger partial charge < -0.3 is 5.73 Å². The second kappa shape index (κ2) is 5.33. The molecule has 0 saturated carbocycles. The molecule has 2 rings (SSSR count). The number of hydrogen-bond acceptors (Lipinski definition) is 3. The maximum atomic E-state index is 13.5. The predicted octanol–water partition coefficient (Wildman–Crippen LogP) is 2.62. The first kappa shape index (κ1) is 12.1. The Labute approximate surface area is 107 Å². The summed E-state index contributed by atoms with van der Waals surface area (Å²) >= 11 is 3.30. The van der Waals surface area contributed by atoms with Crippen LogP contribution in [0, 0.1) is 5.82 Å². The van der Waals surface area contributed by atoms with Gasteiger partial charge in [-0.3, -0.25) is 0 Å². The lowest BCUT2D eigenvalue weighted by Gasteiger charge is -2.10. The zero-order chi connectivity index (χ0) is 12.3. The van der Waals surface area contributed by atoms with Crippen LogP contribution >= 0.6 is 15.9 Å². The van der Waals surface area contributed by atoms with Crippen LogP contribution in [0.2, 0.25) is 0 Å². The summed E-state index contributed by atoms with van der Waals surface area (Å²) in [6.45, 7) is 0. The molecular formula is C12H11BrFN3. The van der Waals surface area contributed by atoms with Gasteiger partial charge in [-0.1, -0.05) is 15.9 Å². The first-order valence-corrected chi connectivity index (χ1v) is 5.92. The minimum absolute atomic E-state index is 0.264. The molecule has 0 spiro atoms.